The maximum Gasteiger partial charge on any atom is 0.253 e. The molecule has 1 aliphatic rings. The van der Waals surface area contributed by atoms with Crippen LogP contribution >= 0.6 is 0 Å². The zero-order valence-electron chi connectivity index (χ0n) is 17.2. The zero-order chi connectivity index (χ0) is 19.7. The van der Waals surface area contributed by atoms with Gasteiger partial charge in [-0.3, -0.25) is 4.79 Å². The van der Waals surface area contributed by atoms with Crippen molar-refractivity contribution in [3.05, 3.63) is 42.1 Å². The molecule has 2 heterocycles. The molecule has 1 saturated carbocycles. The molecule has 1 fully saturated rings. The van der Waals surface area contributed by atoms with Gasteiger partial charge in [-0.05, 0) is 62.4 Å². The smallest absolute Gasteiger partial charge is 0.253 e. The molecule has 0 spiro atoms. The van der Waals surface area contributed by atoms with E-state index in [1.165, 1.54) is 12.8 Å². The number of carbonyl (C=O) groups excluding carboxylic acids is 1. The standard InChI is InChI=1S/C23H30N4O/c1-4-6-13-26(5-2)23(28)18-11-12-20-19(15-18)24-22(25(20)3)21-8-7-14-27(21)16-17-9-10-17/h7-8,11-12,14-15,17H,4-6,9-10,13,16H2,1-3H3. The van der Waals surface area contributed by atoms with E-state index in [2.05, 4.69) is 41.4 Å². The molecule has 0 saturated heterocycles. The molecule has 1 aromatic carbocycles. The van der Waals surface area contributed by atoms with Crippen LogP contribution in [-0.4, -0.2) is 38.0 Å². The van der Waals surface area contributed by atoms with Gasteiger partial charge in [0.15, 0.2) is 5.82 Å². The number of hydrogen-bond acceptors (Lipinski definition) is 2. The monoisotopic (exact) mass is 378 g/mol. The van der Waals surface area contributed by atoms with Gasteiger partial charge < -0.3 is 14.0 Å². The van der Waals surface area contributed by atoms with Gasteiger partial charge in [0.25, 0.3) is 5.91 Å². The maximum atomic E-state index is 12.9. The Balaban J connectivity index is 1.66. The molecule has 148 valence electrons. The van der Waals surface area contributed by atoms with Crippen LogP contribution in [0, 0.1) is 5.92 Å². The van der Waals surface area contributed by atoms with E-state index in [1.807, 2.05) is 30.0 Å². The van der Waals surface area contributed by atoms with Crippen LogP contribution < -0.4 is 0 Å². The van der Waals surface area contributed by atoms with Crippen molar-refractivity contribution in [3.63, 3.8) is 0 Å². The lowest BCUT2D eigenvalue weighted by Crippen LogP contribution is -2.31. The lowest BCUT2D eigenvalue weighted by atomic mass is 10.1. The molecule has 0 bridgehead atoms. The van der Waals surface area contributed by atoms with Gasteiger partial charge in [-0.1, -0.05) is 13.3 Å². The van der Waals surface area contributed by atoms with E-state index in [-0.39, 0.29) is 5.91 Å². The van der Waals surface area contributed by atoms with Crippen molar-refractivity contribution >= 4 is 16.9 Å². The summed E-state index contributed by atoms with van der Waals surface area (Å²) in [4.78, 5) is 19.7. The molecule has 3 aromatic rings. The number of hydrogen-bond donors (Lipinski definition) is 0. The van der Waals surface area contributed by atoms with Gasteiger partial charge in [0, 0.05) is 38.4 Å². The van der Waals surface area contributed by atoms with Gasteiger partial charge in [-0.15, -0.1) is 0 Å². The first-order chi connectivity index (χ1) is 13.6. The summed E-state index contributed by atoms with van der Waals surface area (Å²) in [5, 5.41) is 0. The number of carbonyl (C=O) groups is 1. The fraction of sp³-hybridized carbons (Fsp3) is 0.478. The highest BCUT2D eigenvalue weighted by atomic mass is 16.2. The van der Waals surface area contributed by atoms with Crippen molar-refractivity contribution in [2.45, 2.75) is 46.1 Å². The lowest BCUT2D eigenvalue weighted by molar-refractivity contribution is 0.0762. The Kier molecular flexibility index (Phi) is 5.25. The maximum absolute atomic E-state index is 12.9. The molecule has 2 aromatic heterocycles. The minimum Gasteiger partial charge on any atom is -0.345 e. The second-order valence-corrected chi connectivity index (χ2v) is 7.93. The highest BCUT2D eigenvalue weighted by molar-refractivity contribution is 5.97. The number of aromatic nitrogens is 3. The van der Waals surface area contributed by atoms with Crippen LogP contribution in [0.15, 0.2) is 36.5 Å². The third-order valence-electron chi connectivity index (χ3n) is 5.79. The minimum absolute atomic E-state index is 0.0992. The van der Waals surface area contributed by atoms with E-state index >= 15 is 0 Å². The summed E-state index contributed by atoms with van der Waals surface area (Å²) in [6, 6.07) is 10.1. The van der Waals surface area contributed by atoms with Crippen LogP contribution in [0.5, 0.6) is 0 Å². The average molecular weight is 379 g/mol. The summed E-state index contributed by atoms with van der Waals surface area (Å²) in [5.41, 5.74) is 3.82. The predicted molar refractivity (Wildman–Crippen MR) is 113 cm³/mol. The Morgan fingerprint density at radius 2 is 2.07 bits per heavy atom. The van der Waals surface area contributed by atoms with Crippen molar-refractivity contribution in [1.82, 2.24) is 19.0 Å². The van der Waals surface area contributed by atoms with Crippen LogP contribution in [0.4, 0.5) is 0 Å². The van der Waals surface area contributed by atoms with Crippen molar-refractivity contribution in [3.8, 4) is 11.5 Å². The van der Waals surface area contributed by atoms with E-state index in [4.69, 9.17) is 4.98 Å². The first-order valence-corrected chi connectivity index (χ1v) is 10.5. The van der Waals surface area contributed by atoms with Crippen molar-refractivity contribution in [2.75, 3.05) is 13.1 Å². The van der Waals surface area contributed by atoms with Gasteiger partial charge in [-0.2, -0.15) is 0 Å². The fourth-order valence-corrected chi connectivity index (χ4v) is 3.85. The zero-order valence-corrected chi connectivity index (χ0v) is 17.2. The Hall–Kier alpha value is -2.56. The summed E-state index contributed by atoms with van der Waals surface area (Å²) in [5.74, 6) is 1.87. The third kappa shape index (κ3) is 3.58. The summed E-state index contributed by atoms with van der Waals surface area (Å²) >= 11 is 0. The second-order valence-electron chi connectivity index (χ2n) is 7.93. The topological polar surface area (TPSA) is 43.1 Å². The molecule has 0 aliphatic heterocycles. The summed E-state index contributed by atoms with van der Waals surface area (Å²) < 4.78 is 4.45. The molecule has 0 unspecified atom stereocenters. The Bertz CT molecular complexity index is 980. The minimum atomic E-state index is 0.0992. The number of imidazole rings is 1. The van der Waals surface area contributed by atoms with E-state index < -0.39 is 0 Å². The molecular weight excluding hydrogens is 348 g/mol. The van der Waals surface area contributed by atoms with Gasteiger partial charge >= 0.3 is 0 Å². The molecule has 4 rings (SSSR count). The number of amides is 1. The van der Waals surface area contributed by atoms with Crippen molar-refractivity contribution in [2.24, 2.45) is 13.0 Å². The summed E-state index contributed by atoms with van der Waals surface area (Å²) in [6.45, 7) is 6.81. The van der Waals surface area contributed by atoms with E-state index in [0.717, 1.165) is 66.5 Å². The molecule has 1 amide bonds. The fourth-order valence-electron chi connectivity index (χ4n) is 3.85. The van der Waals surface area contributed by atoms with Crippen LogP contribution in [0.2, 0.25) is 0 Å². The lowest BCUT2D eigenvalue weighted by Gasteiger charge is -2.20. The number of aryl methyl sites for hydroxylation is 1. The Labute approximate surface area is 167 Å². The molecular formula is C23H30N4O. The van der Waals surface area contributed by atoms with E-state index in [1.54, 1.807) is 0 Å². The number of benzene rings is 1. The Morgan fingerprint density at radius 3 is 2.79 bits per heavy atom. The average Bonchev–Trinajstić information content (AvgIpc) is 3.31. The van der Waals surface area contributed by atoms with Crippen LogP contribution in [0.25, 0.3) is 22.6 Å². The number of unbranched alkanes of at least 4 members (excludes halogenated alkanes) is 1. The molecule has 0 radical (unpaired) electrons. The van der Waals surface area contributed by atoms with Crippen molar-refractivity contribution in [1.29, 1.82) is 0 Å². The number of rotatable bonds is 8. The predicted octanol–water partition coefficient (Wildman–Crippen LogP) is 4.71. The SMILES string of the molecule is CCCCN(CC)C(=O)c1ccc2c(c1)nc(-c1cccn1CC1CC1)n2C. The van der Waals surface area contributed by atoms with Crippen molar-refractivity contribution < 1.29 is 4.79 Å². The molecule has 0 N–H and O–H groups in total. The number of nitrogens with zero attached hydrogens (tertiary/aromatic N) is 4. The van der Waals surface area contributed by atoms with Gasteiger partial charge in [-0.25, -0.2) is 4.98 Å². The van der Waals surface area contributed by atoms with Crippen LogP contribution in [-0.2, 0) is 13.6 Å². The summed E-state index contributed by atoms with van der Waals surface area (Å²) in [7, 11) is 2.06. The van der Waals surface area contributed by atoms with E-state index in [9.17, 15) is 4.79 Å². The normalized spacial score (nSPS) is 14.0. The van der Waals surface area contributed by atoms with Crippen LogP contribution in [0.1, 0.15) is 49.9 Å². The quantitative estimate of drug-likeness (QED) is 0.569. The first kappa shape index (κ1) is 18.8. The molecule has 0 atom stereocenters. The molecule has 5 nitrogen and oxygen atoms in total. The highest BCUT2D eigenvalue weighted by Crippen LogP contribution is 2.33. The second kappa shape index (κ2) is 7.82. The summed E-state index contributed by atoms with van der Waals surface area (Å²) in [6.07, 6.45) is 6.93. The largest absolute Gasteiger partial charge is 0.345 e. The molecule has 5 heteroatoms. The van der Waals surface area contributed by atoms with Crippen LogP contribution in [0.3, 0.4) is 0 Å². The van der Waals surface area contributed by atoms with Gasteiger partial charge in [0.2, 0.25) is 0 Å². The van der Waals surface area contributed by atoms with Gasteiger partial charge in [0.05, 0.1) is 16.7 Å². The van der Waals surface area contributed by atoms with E-state index in [0.29, 0.717) is 0 Å². The van der Waals surface area contributed by atoms with Gasteiger partial charge in [0.1, 0.15) is 0 Å². The molecule has 1 aliphatic carbocycles. The third-order valence-corrected chi connectivity index (χ3v) is 5.79. The Morgan fingerprint density at radius 1 is 1.25 bits per heavy atom. The highest BCUT2D eigenvalue weighted by Gasteiger charge is 2.23. The molecule has 28 heavy (non-hydrogen) atoms. The first-order valence-electron chi connectivity index (χ1n) is 10.5. The number of fused-ring (bicyclic) bond motifs is 1.